The fraction of sp³-hybridized carbons (Fsp3) is 0.0110. The Morgan fingerprint density at radius 2 is 0.554 bits per heavy atom. The zero-order chi connectivity index (χ0) is 67.2. The van der Waals surface area contributed by atoms with E-state index < -0.39 is 0 Å². The molecule has 5 aromatic heterocycles. The molecule has 9 nitrogen and oxygen atoms in total. The smallest absolute Gasteiger partial charge is 0.238 e. The molecule has 0 radical (unpaired) electrons. The summed E-state index contributed by atoms with van der Waals surface area (Å²) in [5, 5.41) is 7.54. The number of rotatable bonds is 9. The number of nitrogens with zero attached hydrogens (tertiary/aromatic N) is 9. The van der Waals surface area contributed by atoms with Crippen molar-refractivity contribution in [2.24, 2.45) is 0 Å². The summed E-state index contributed by atoms with van der Waals surface area (Å²) in [5.41, 5.74) is 23.5. The first-order valence-electron chi connectivity index (χ1n) is 33.8. The highest BCUT2D eigenvalue weighted by Crippen LogP contribution is 2.42. The van der Waals surface area contributed by atoms with E-state index in [1.807, 2.05) is 121 Å². The van der Waals surface area contributed by atoms with Gasteiger partial charge in [-0.1, -0.05) is 279 Å². The lowest BCUT2D eigenvalue weighted by molar-refractivity contribution is 0.953. The van der Waals surface area contributed by atoms with Crippen LogP contribution in [0.2, 0.25) is 5.28 Å². The fourth-order valence-corrected chi connectivity index (χ4v) is 14.5. The summed E-state index contributed by atoms with van der Waals surface area (Å²) in [6, 6.07) is 123. The molecule has 0 saturated carbocycles. The van der Waals surface area contributed by atoms with Gasteiger partial charge in [-0.3, -0.25) is 4.57 Å². The second-order valence-electron chi connectivity index (χ2n) is 25.1. The molecule has 0 fully saturated rings. The molecule has 1 aliphatic carbocycles. The van der Waals surface area contributed by atoms with Gasteiger partial charge >= 0.3 is 0 Å². The molecule has 476 valence electrons. The molecule has 0 aliphatic heterocycles. The molecule has 0 bridgehead atoms. The number of hydrogen-bond acceptors (Lipinski definition) is 6. The molecule has 0 atom stereocenters. The van der Waals surface area contributed by atoms with Gasteiger partial charge < -0.3 is 9.13 Å². The molecule has 0 amide bonds. The maximum atomic E-state index is 5.99. The normalized spacial score (nSPS) is 11.6. The Labute approximate surface area is 587 Å². The molecular formula is C91H60ClN9. The molecule has 19 aromatic rings. The van der Waals surface area contributed by atoms with Gasteiger partial charge in [-0.2, -0.15) is 19.9 Å². The third-order valence-corrected chi connectivity index (χ3v) is 19.2. The molecule has 0 N–H and O–H groups in total. The van der Waals surface area contributed by atoms with Crippen molar-refractivity contribution in [3.05, 3.63) is 368 Å². The van der Waals surface area contributed by atoms with Crippen LogP contribution in [0.4, 0.5) is 0 Å². The van der Waals surface area contributed by atoms with Crippen LogP contribution in [0.25, 0.3) is 162 Å². The molecule has 0 unspecified atom stereocenters. The van der Waals surface area contributed by atoms with Gasteiger partial charge in [0.25, 0.3) is 0 Å². The second-order valence-corrected chi connectivity index (χ2v) is 25.5. The van der Waals surface area contributed by atoms with Crippen molar-refractivity contribution < 1.29 is 0 Å². The topological polar surface area (TPSA) is 92.1 Å². The molecule has 5 heterocycles. The number of benzene rings is 14. The predicted molar refractivity (Wildman–Crippen MR) is 415 cm³/mol. The van der Waals surface area contributed by atoms with Crippen molar-refractivity contribution in [3.8, 4) is 96.3 Å². The molecule has 10 heteroatoms. The van der Waals surface area contributed by atoms with E-state index in [1.165, 1.54) is 82.7 Å². The van der Waals surface area contributed by atoms with E-state index in [1.54, 1.807) is 0 Å². The molecule has 14 aromatic carbocycles. The lowest BCUT2D eigenvalue weighted by Gasteiger charge is -2.11. The highest BCUT2D eigenvalue weighted by Gasteiger charge is 2.22. The van der Waals surface area contributed by atoms with Crippen molar-refractivity contribution in [1.29, 1.82) is 0 Å². The zero-order valence-corrected chi connectivity index (χ0v) is 55.4. The second kappa shape index (κ2) is 26.0. The number of aromatic nitrogens is 9. The number of fused-ring (bicyclic) bond motifs is 12. The van der Waals surface area contributed by atoms with E-state index in [0.717, 1.165) is 67.3 Å². The molecule has 0 spiro atoms. The summed E-state index contributed by atoms with van der Waals surface area (Å²) in [6.45, 7) is 0. The Hall–Kier alpha value is -13.2. The van der Waals surface area contributed by atoms with Crippen LogP contribution in [0, 0.1) is 0 Å². The summed E-state index contributed by atoms with van der Waals surface area (Å²) in [7, 11) is 0. The van der Waals surface area contributed by atoms with E-state index in [-0.39, 0.29) is 5.28 Å². The minimum Gasteiger partial charge on any atom is -0.309 e. The van der Waals surface area contributed by atoms with Crippen molar-refractivity contribution in [2.75, 3.05) is 0 Å². The minimum atomic E-state index is 0.202. The SMILES string of the molecule is Clc1nc(-c2ccccc2)nc(-c2ccccc2)n1.c1ccc(-c2nc(-c3ccccc3)nc(-n3c4ccccc4c4ccc(-c5ccc6c(c5)c5ccccc5n6-c5ccccc5)cc43)n2)cc1.c1ccc(-n2c3ccccc3c3cc(-c4ccc5c(c4)Cc4ccccc4-5)ccc32)cc1. The Balaban J connectivity index is 0.000000122. The highest BCUT2D eigenvalue weighted by molar-refractivity contribution is 6.28. The molecular weight excluding hydrogens is 1250 g/mol. The Morgan fingerprint density at radius 3 is 1.04 bits per heavy atom. The third kappa shape index (κ3) is 11.3. The van der Waals surface area contributed by atoms with Crippen LogP contribution in [-0.2, 0) is 6.42 Å². The lowest BCUT2D eigenvalue weighted by atomic mass is 9.98. The van der Waals surface area contributed by atoms with Crippen LogP contribution in [0.5, 0.6) is 0 Å². The Morgan fingerprint density at radius 1 is 0.218 bits per heavy atom. The van der Waals surface area contributed by atoms with Crippen molar-refractivity contribution in [2.45, 2.75) is 6.42 Å². The summed E-state index contributed by atoms with van der Waals surface area (Å²) in [4.78, 5) is 28.0. The van der Waals surface area contributed by atoms with Gasteiger partial charge in [0.1, 0.15) is 0 Å². The molecule has 101 heavy (non-hydrogen) atoms. The van der Waals surface area contributed by atoms with E-state index in [0.29, 0.717) is 29.2 Å². The number of halogens is 1. The van der Waals surface area contributed by atoms with Gasteiger partial charge in [0.2, 0.25) is 11.2 Å². The van der Waals surface area contributed by atoms with Gasteiger partial charge in [-0.25, -0.2) is 9.97 Å². The van der Waals surface area contributed by atoms with E-state index in [4.69, 9.17) is 26.6 Å². The van der Waals surface area contributed by atoms with Crippen LogP contribution in [0.3, 0.4) is 0 Å². The summed E-state index contributed by atoms with van der Waals surface area (Å²) in [6.07, 6.45) is 1.02. The van der Waals surface area contributed by atoms with Crippen LogP contribution < -0.4 is 0 Å². The summed E-state index contributed by atoms with van der Waals surface area (Å²) in [5.74, 6) is 3.02. The van der Waals surface area contributed by atoms with Crippen LogP contribution in [0.1, 0.15) is 11.1 Å². The first-order valence-corrected chi connectivity index (χ1v) is 34.2. The fourth-order valence-electron chi connectivity index (χ4n) is 14.4. The van der Waals surface area contributed by atoms with Crippen molar-refractivity contribution >= 4 is 77.0 Å². The molecule has 0 saturated heterocycles. The summed E-state index contributed by atoms with van der Waals surface area (Å²) >= 11 is 5.99. The Kier molecular flexibility index (Phi) is 15.5. The average molecular weight is 1310 g/mol. The maximum Gasteiger partial charge on any atom is 0.238 e. The lowest BCUT2D eigenvalue weighted by Crippen LogP contribution is -2.06. The van der Waals surface area contributed by atoms with E-state index in [2.05, 4.69) is 259 Å². The average Bonchev–Trinajstić information content (AvgIpc) is 1.60. The maximum absolute atomic E-state index is 5.99. The van der Waals surface area contributed by atoms with Gasteiger partial charge in [-0.15, -0.1) is 0 Å². The molecule has 1 aliphatic rings. The largest absolute Gasteiger partial charge is 0.309 e. The standard InChI is InChI=1S/C45H29N5.C31H21N.C15H10ClN3/c1-4-14-30(15-5-1)43-46-44(31-16-6-2-7-17-31)48-45(47-43)50-40-23-13-10-20-35(40)37-26-24-33(29-42(37)50)32-25-27-41-38(28-32)36-21-11-12-22-39(36)49(41)34-18-8-3-9-19-34;1-2-9-25(10-3-1)32-30-13-7-6-12-28(30)29-20-22(15-17-31(29)32)21-14-16-27-24(18-21)19-23-8-4-5-11-26(23)27;16-15-18-13(11-7-3-1-4-8-11)17-14(19-15)12-9-5-2-6-10-12/h1-29H;1-18,20H,19H2;1-10H. The summed E-state index contributed by atoms with van der Waals surface area (Å²) < 4.78 is 6.91. The number of hydrogen-bond donors (Lipinski definition) is 0. The van der Waals surface area contributed by atoms with Crippen LogP contribution >= 0.6 is 11.6 Å². The van der Waals surface area contributed by atoms with Crippen molar-refractivity contribution in [1.82, 2.24) is 43.6 Å². The van der Waals surface area contributed by atoms with E-state index in [9.17, 15) is 0 Å². The first kappa shape index (κ1) is 60.2. The monoisotopic (exact) mass is 1310 g/mol. The number of para-hydroxylation sites is 5. The first-order chi connectivity index (χ1) is 50.0. The van der Waals surface area contributed by atoms with Gasteiger partial charge in [0, 0.05) is 65.9 Å². The van der Waals surface area contributed by atoms with Crippen LogP contribution in [0.15, 0.2) is 352 Å². The van der Waals surface area contributed by atoms with Crippen LogP contribution in [-0.4, -0.2) is 43.6 Å². The van der Waals surface area contributed by atoms with Gasteiger partial charge in [0.15, 0.2) is 23.3 Å². The van der Waals surface area contributed by atoms with Crippen molar-refractivity contribution in [3.63, 3.8) is 0 Å². The minimum absolute atomic E-state index is 0.202. The predicted octanol–water partition coefficient (Wildman–Crippen LogP) is 22.9. The Bertz CT molecular complexity index is 6180. The zero-order valence-electron chi connectivity index (χ0n) is 54.6. The highest BCUT2D eigenvalue weighted by atomic mass is 35.5. The molecule has 20 rings (SSSR count). The van der Waals surface area contributed by atoms with Gasteiger partial charge in [0.05, 0.1) is 33.1 Å². The van der Waals surface area contributed by atoms with Gasteiger partial charge in [-0.05, 0) is 135 Å². The quantitative estimate of drug-likeness (QED) is 0.143. The van der Waals surface area contributed by atoms with E-state index >= 15 is 0 Å². The third-order valence-electron chi connectivity index (χ3n) is 19.1.